The Labute approximate surface area is 118 Å². The predicted molar refractivity (Wildman–Crippen MR) is 75.5 cm³/mol. The number of aliphatic hydroxyl groups excluding tert-OH is 1. The van der Waals surface area contributed by atoms with Crippen LogP contribution in [0, 0.1) is 0 Å². The van der Waals surface area contributed by atoms with E-state index in [4.69, 9.17) is 21.1 Å². The summed E-state index contributed by atoms with van der Waals surface area (Å²) < 4.78 is 10.6. The maximum atomic E-state index is 9.66. The maximum Gasteiger partial charge on any atom is 0.171 e. The molecule has 1 aromatic rings. The van der Waals surface area contributed by atoms with E-state index < -0.39 is 6.10 Å². The Morgan fingerprint density at radius 2 is 2.32 bits per heavy atom. The number of allylic oxidation sites excluding steroid dienone is 2. The minimum absolute atomic E-state index is 0.119. The Kier molecular flexibility index (Phi) is 7.89. The summed E-state index contributed by atoms with van der Waals surface area (Å²) in [5.74, 6) is 0.456. The highest BCUT2D eigenvalue weighted by atomic mass is 35.5. The summed E-state index contributed by atoms with van der Waals surface area (Å²) >= 11 is 5.82. The van der Waals surface area contributed by atoms with Crippen LogP contribution in [0.4, 0.5) is 0 Å². The zero-order valence-corrected chi connectivity index (χ0v) is 11.4. The van der Waals surface area contributed by atoms with Gasteiger partial charge in [0.2, 0.25) is 0 Å². The summed E-state index contributed by atoms with van der Waals surface area (Å²) in [6, 6.07) is 3.42. The van der Waals surface area contributed by atoms with Crippen molar-refractivity contribution in [1.82, 2.24) is 4.98 Å². The molecule has 0 radical (unpaired) electrons. The van der Waals surface area contributed by atoms with Gasteiger partial charge in [0.25, 0.3) is 0 Å². The third-order valence-electron chi connectivity index (χ3n) is 2.17. The normalized spacial score (nSPS) is 12.5. The van der Waals surface area contributed by atoms with E-state index in [9.17, 15) is 5.11 Å². The zero-order valence-electron chi connectivity index (χ0n) is 10.7. The molecule has 4 nitrogen and oxygen atoms in total. The maximum absolute atomic E-state index is 9.66. The second kappa shape index (κ2) is 9.55. The number of rotatable bonds is 9. The lowest BCUT2D eigenvalue weighted by Crippen LogP contribution is -2.23. The first-order valence-electron chi connectivity index (χ1n) is 6.00. The molecule has 1 rings (SSSR count). The molecule has 0 bridgehead atoms. The second-order valence-electron chi connectivity index (χ2n) is 3.78. The van der Waals surface area contributed by atoms with Gasteiger partial charge in [-0.25, -0.2) is 4.98 Å². The van der Waals surface area contributed by atoms with Crippen LogP contribution in [0.5, 0.6) is 5.75 Å². The zero-order chi connectivity index (χ0) is 13.9. The lowest BCUT2D eigenvalue weighted by atomic mass is 10.4. The van der Waals surface area contributed by atoms with Crippen LogP contribution >= 0.6 is 11.6 Å². The molecule has 0 aliphatic rings. The Morgan fingerprint density at radius 3 is 3.05 bits per heavy atom. The van der Waals surface area contributed by atoms with Gasteiger partial charge in [-0.05, 0) is 18.6 Å². The Bertz CT molecular complexity index is 409. The van der Waals surface area contributed by atoms with Gasteiger partial charge in [0.1, 0.15) is 12.7 Å². The van der Waals surface area contributed by atoms with E-state index in [0.29, 0.717) is 12.4 Å². The monoisotopic (exact) mass is 283 g/mol. The summed E-state index contributed by atoms with van der Waals surface area (Å²) in [4.78, 5) is 3.87. The average molecular weight is 284 g/mol. The van der Waals surface area contributed by atoms with Crippen LogP contribution in [0.2, 0.25) is 5.15 Å². The summed E-state index contributed by atoms with van der Waals surface area (Å²) in [5.41, 5.74) is 0. The van der Waals surface area contributed by atoms with Crippen molar-refractivity contribution in [2.75, 3.05) is 19.8 Å². The minimum atomic E-state index is -0.695. The van der Waals surface area contributed by atoms with Crippen molar-refractivity contribution in [2.24, 2.45) is 0 Å². The molecule has 0 aliphatic heterocycles. The average Bonchev–Trinajstić information content (AvgIpc) is 2.42. The fourth-order valence-electron chi connectivity index (χ4n) is 1.28. The highest BCUT2D eigenvalue weighted by molar-refractivity contribution is 6.30. The largest absolute Gasteiger partial charge is 0.488 e. The highest BCUT2D eigenvalue weighted by Gasteiger charge is 2.07. The molecule has 0 saturated carbocycles. The third kappa shape index (κ3) is 6.96. The Balaban J connectivity index is 2.14. The standard InChI is InChI=1S/C14H18ClNO3/c1-2-3-4-5-9-18-10-12(17)11-19-13-7-6-8-16-14(13)15/h2-4,6-8,12,17H,1,5,9-11H2/b4-3-. The van der Waals surface area contributed by atoms with E-state index in [1.807, 2.05) is 12.2 Å². The molecule has 1 unspecified atom stereocenters. The Morgan fingerprint density at radius 1 is 1.47 bits per heavy atom. The van der Waals surface area contributed by atoms with Gasteiger partial charge in [0, 0.05) is 6.20 Å². The van der Waals surface area contributed by atoms with Crippen molar-refractivity contribution < 1.29 is 14.6 Å². The molecule has 19 heavy (non-hydrogen) atoms. The molecule has 1 N–H and O–H groups in total. The summed E-state index contributed by atoms with van der Waals surface area (Å²) in [5, 5.41) is 9.94. The summed E-state index contributed by atoms with van der Waals surface area (Å²) in [6.45, 7) is 4.46. The van der Waals surface area contributed by atoms with Gasteiger partial charge < -0.3 is 14.6 Å². The van der Waals surface area contributed by atoms with Crippen molar-refractivity contribution in [2.45, 2.75) is 12.5 Å². The number of aromatic nitrogens is 1. The van der Waals surface area contributed by atoms with Crippen LogP contribution in [0.3, 0.4) is 0 Å². The number of pyridine rings is 1. The Hall–Kier alpha value is -1.36. The second-order valence-corrected chi connectivity index (χ2v) is 4.14. The van der Waals surface area contributed by atoms with Crippen molar-refractivity contribution in [3.05, 3.63) is 48.3 Å². The van der Waals surface area contributed by atoms with E-state index >= 15 is 0 Å². The quantitative estimate of drug-likeness (QED) is 0.430. The van der Waals surface area contributed by atoms with Crippen LogP contribution in [0.25, 0.3) is 0 Å². The van der Waals surface area contributed by atoms with Crippen molar-refractivity contribution in [3.63, 3.8) is 0 Å². The van der Waals surface area contributed by atoms with Crippen LogP contribution in [0.15, 0.2) is 43.1 Å². The van der Waals surface area contributed by atoms with Crippen LogP contribution in [-0.4, -0.2) is 36.0 Å². The lowest BCUT2D eigenvalue weighted by Gasteiger charge is -2.12. The summed E-state index contributed by atoms with van der Waals surface area (Å²) in [7, 11) is 0. The van der Waals surface area contributed by atoms with Crippen molar-refractivity contribution in [1.29, 1.82) is 0 Å². The highest BCUT2D eigenvalue weighted by Crippen LogP contribution is 2.20. The van der Waals surface area contributed by atoms with E-state index in [1.165, 1.54) is 0 Å². The van der Waals surface area contributed by atoms with Gasteiger partial charge in [-0.15, -0.1) is 0 Å². The van der Waals surface area contributed by atoms with Crippen molar-refractivity contribution in [3.8, 4) is 5.75 Å². The van der Waals surface area contributed by atoms with Crippen LogP contribution in [-0.2, 0) is 4.74 Å². The number of hydrogen-bond donors (Lipinski definition) is 1. The molecule has 5 heteroatoms. The number of halogens is 1. The van der Waals surface area contributed by atoms with Gasteiger partial charge in [-0.1, -0.05) is 36.4 Å². The SMILES string of the molecule is C=C/C=C\CCOCC(O)COc1cccnc1Cl. The van der Waals surface area contributed by atoms with Crippen LogP contribution < -0.4 is 4.74 Å². The van der Waals surface area contributed by atoms with E-state index in [2.05, 4.69) is 11.6 Å². The van der Waals surface area contributed by atoms with Crippen molar-refractivity contribution >= 4 is 11.6 Å². The number of nitrogens with zero attached hydrogens (tertiary/aromatic N) is 1. The third-order valence-corrected chi connectivity index (χ3v) is 2.45. The molecular formula is C14H18ClNO3. The molecule has 1 atom stereocenters. The first-order valence-corrected chi connectivity index (χ1v) is 6.38. The fourth-order valence-corrected chi connectivity index (χ4v) is 1.45. The van der Waals surface area contributed by atoms with Gasteiger partial charge in [-0.2, -0.15) is 0 Å². The smallest absolute Gasteiger partial charge is 0.171 e. The molecule has 0 spiro atoms. The topological polar surface area (TPSA) is 51.6 Å². The molecule has 0 aliphatic carbocycles. The fraction of sp³-hybridized carbons (Fsp3) is 0.357. The molecule has 0 saturated heterocycles. The first-order chi connectivity index (χ1) is 9.24. The molecular weight excluding hydrogens is 266 g/mol. The van der Waals surface area contributed by atoms with Gasteiger partial charge in [0.05, 0.1) is 13.2 Å². The molecule has 0 amide bonds. The van der Waals surface area contributed by atoms with E-state index in [0.717, 1.165) is 6.42 Å². The number of aliphatic hydroxyl groups is 1. The molecule has 1 heterocycles. The van der Waals surface area contributed by atoms with E-state index in [1.54, 1.807) is 24.4 Å². The molecule has 0 aromatic carbocycles. The lowest BCUT2D eigenvalue weighted by molar-refractivity contribution is 0.0135. The number of hydrogen-bond acceptors (Lipinski definition) is 4. The van der Waals surface area contributed by atoms with Crippen LogP contribution in [0.1, 0.15) is 6.42 Å². The molecule has 0 fully saturated rings. The molecule has 104 valence electrons. The first kappa shape index (κ1) is 15.7. The predicted octanol–water partition coefficient (Wildman–Crippen LogP) is 2.62. The van der Waals surface area contributed by atoms with E-state index in [-0.39, 0.29) is 18.4 Å². The molecule has 1 aromatic heterocycles. The van der Waals surface area contributed by atoms with Gasteiger partial charge in [-0.3, -0.25) is 0 Å². The van der Waals surface area contributed by atoms with Gasteiger partial charge >= 0.3 is 0 Å². The van der Waals surface area contributed by atoms with Gasteiger partial charge in [0.15, 0.2) is 10.9 Å². The summed E-state index contributed by atoms with van der Waals surface area (Å²) in [6.07, 6.45) is 7.18. The minimum Gasteiger partial charge on any atom is -0.488 e. The number of ether oxygens (including phenoxy) is 2.